The van der Waals surface area contributed by atoms with Crippen molar-refractivity contribution in [1.29, 1.82) is 0 Å². The van der Waals surface area contributed by atoms with Gasteiger partial charge in [-0.15, -0.1) is 0 Å². The lowest BCUT2D eigenvalue weighted by atomic mass is 9.83. The number of hydrogen-bond donors (Lipinski definition) is 5. The summed E-state index contributed by atoms with van der Waals surface area (Å²) < 4.78 is 35.0. The van der Waals surface area contributed by atoms with Gasteiger partial charge < -0.3 is 31.3 Å². The standard InChI is InChI=1S/C44H62N6O10S/c1-4-17-34(40(53)36(51)24-15-16-25-37(52)47-38(41(45)54)30-18-9-6-10-19-30)46-42(55)35-26-32(49-61(58,59)33-22-13-8-14-23-33)27-50(35)43(56)39(31-20-11-7-12-21-31)48-44(57)60-28-29(3)5-2/h6,9-10,13,15-16,18-19,22-23,29,31-32,34-35,38-39,49H,4-5,7-8,11-12,14,17,20-21,24-28H2,1-3H3,(H2,45,54)(H,46,55)(H,47,52)(H,48,57)/b16-15+/t29?,32-,34?,35?,38+,39+/m1/s1. The van der Waals surface area contributed by atoms with Gasteiger partial charge in [-0.3, -0.25) is 28.8 Å². The molecule has 1 saturated carbocycles. The number of alkyl carbamates (subject to hydrolysis) is 1. The Morgan fingerprint density at radius 2 is 1.64 bits per heavy atom. The van der Waals surface area contributed by atoms with E-state index in [4.69, 9.17) is 10.5 Å². The fraction of sp³-hybridized carbons (Fsp3) is 0.568. The second-order valence-corrected chi connectivity index (χ2v) is 17.8. The molecule has 2 fully saturated rings. The van der Waals surface area contributed by atoms with Crippen LogP contribution < -0.4 is 26.4 Å². The smallest absolute Gasteiger partial charge is 0.407 e. The first-order valence-electron chi connectivity index (χ1n) is 21.4. The summed E-state index contributed by atoms with van der Waals surface area (Å²) in [7, 11) is -4.02. The van der Waals surface area contributed by atoms with Crippen LogP contribution in [0.2, 0.25) is 0 Å². The third-order valence-corrected chi connectivity index (χ3v) is 12.9. The van der Waals surface area contributed by atoms with Crippen molar-refractivity contribution < 1.29 is 46.7 Å². The van der Waals surface area contributed by atoms with E-state index in [-0.39, 0.29) is 55.6 Å². The summed E-state index contributed by atoms with van der Waals surface area (Å²) in [6.45, 7) is 5.64. The van der Waals surface area contributed by atoms with Gasteiger partial charge in [0.15, 0.2) is 0 Å². The number of ketones is 2. The monoisotopic (exact) mass is 866 g/mol. The van der Waals surface area contributed by atoms with Crippen LogP contribution in [-0.2, 0) is 43.5 Å². The molecule has 3 aliphatic rings. The van der Waals surface area contributed by atoms with Crippen LogP contribution >= 0.6 is 0 Å². The summed E-state index contributed by atoms with van der Waals surface area (Å²) in [6, 6.07) is 2.96. The summed E-state index contributed by atoms with van der Waals surface area (Å²) in [5.41, 5.74) is 5.99. The molecule has 1 aromatic carbocycles. The molecule has 0 bridgehead atoms. The normalized spacial score (nSPS) is 20.2. The summed E-state index contributed by atoms with van der Waals surface area (Å²) >= 11 is 0. The number of carbonyl (C=O) groups excluding carboxylic acids is 7. The van der Waals surface area contributed by atoms with Crippen LogP contribution in [0.15, 0.2) is 65.6 Å². The van der Waals surface area contributed by atoms with Gasteiger partial charge in [0.25, 0.3) is 0 Å². The first-order chi connectivity index (χ1) is 29.1. The van der Waals surface area contributed by atoms with Gasteiger partial charge in [-0.05, 0) is 62.0 Å². The first-order valence-corrected chi connectivity index (χ1v) is 22.9. The van der Waals surface area contributed by atoms with Crippen LogP contribution in [0.5, 0.6) is 0 Å². The molecule has 1 heterocycles. The number of amides is 5. The molecule has 3 unspecified atom stereocenters. The van der Waals surface area contributed by atoms with Gasteiger partial charge in [-0.1, -0.05) is 108 Å². The number of sulfonamides is 1. The third-order valence-electron chi connectivity index (χ3n) is 11.3. The van der Waals surface area contributed by atoms with E-state index in [2.05, 4.69) is 20.7 Å². The SMILES string of the molecule is CCCC(NC(=O)C1C[C@@H](NS(=O)(=O)C2=CCCC=C2)CN1C(=O)[C@@H](NC(=O)OCC(C)CC)C1CCCCC1)C(=O)C(=O)C/C=C/CC(=O)N[C@H](C(N)=O)c1ccccc1. The molecule has 61 heavy (non-hydrogen) atoms. The van der Waals surface area contributed by atoms with Crippen molar-refractivity contribution in [2.75, 3.05) is 13.2 Å². The molecule has 1 saturated heterocycles. The summed E-state index contributed by atoms with van der Waals surface area (Å²) in [6.07, 6.45) is 12.6. The number of nitrogens with zero attached hydrogens (tertiary/aromatic N) is 1. The maximum atomic E-state index is 14.6. The maximum absolute atomic E-state index is 14.6. The lowest BCUT2D eigenvalue weighted by Crippen LogP contribution is -2.57. The van der Waals surface area contributed by atoms with Gasteiger partial charge >= 0.3 is 6.09 Å². The molecule has 0 radical (unpaired) electrons. The molecule has 0 aromatic heterocycles. The van der Waals surface area contributed by atoms with Gasteiger partial charge in [0.05, 0.1) is 17.6 Å². The average Bonchev–Trinajstić information content (AvgIpc) is 3.68. The van der Waals surface area contributed by atoms with E-state index < -0.39 is 81.5 Å². The van der Waals surface area contributed by atoms with Crippen molar-refractivity contribution in [2.24, 2.45) is 17.6 Å². The van der Waals surface area contributed by atoms with E-state index in [0.717, 1.165) is 25.7 Å². The van der Waals surface area contributed by atoms with Crippen LogP contribution in [0.4, 0.5) is 4.79 Å². The summed E-state index contributed by atoms with van der Waals surface area (Å²) in [4.78, 5) is 94.5. The van der Waals surface area contributed by atoms with Gasteiger partial charge in [0.1, 0.15) is 18.1 Å². The van der Waals surface area contributed by atoms with Crippen molar-refractivity contribution in [1.82, 2.24) is 25.6 Å². The Morgan fingerprint density at radius 1 is 0.934 bits per heavy atom. The molecule has 6 atom stereocenters. The predicted molar refractivity (Wildman–Crippen MR) is 228 cm³/mol. The molecule has 2 aliphatic carbocycles. The number of rotatable bonds is 22. The molecule has 5 amide bonds. The van der Waals surface area contributed by atoms with E-state index >= 15 is 0 Å². The molecule has 6 N–H and O–H groups in total. The minimum atomic E-state index is -4.02. The molecule has 17 heteroatoms. The molecule has 0 spiro atoms. The second kappa shape index (κ2) is 23.7. The number of allylic oxidation sites excluding steroid dienone is 4. The number of primary amides is 1. The van der Waals surface area contributed by atoms with Gasteiger partial charge in [-0.2, -0.15) is 0 Å². The van der Waals surface area contributed by atoms with E-state index in [9.17, 15) is 42.0 Å². The topological polar surface area (TPSA) is 240 Å². The first kappa shape index (κ1) is 48.5. The number of nitrogens with one attached hydrogen (secondary N) is 4. The minimum absolute atomic E-state index is 0.0826. The van der Waals surface area contributed by atoms with Crippen LogP contribution in [-0.4, -0.2) is 91.9 Å². The Hall–Kier alpha value is -5.16. The molecule has 1 aliphatic heterocycles. The number of benzene rings is 1. The van der Waals surface area contributed by atoms with Gasteiger partial charge in [0.2, 0.25) is 45.2 Å². The highest BCUT2D eigenvalue weighted by atomic mass is 32.2. The Balaban J connectivity index is 1.49. The summed E-state index contributed by atoms with van der Waals surface area (Å²) in [5.74, 6) is -4.46. The number of carbonyl (C=O) groups is 7. The van der Waals surface area contributed by atoms with E-state index in [1.807, 2.05) is 13.8 Å². The molecular weight excluding hydrogens is 805 g/mol. The molecular formula is C44H62N6O10S. The van der Waals surface area contributed by atoms with Crippen molar-refractivity contribution in [3.05, 3.63) is 71.2 Å². The third kappa shape index (κ3) is 14.5. The quantitative estimate of drug-likeness (QED) is 0.0831. The summed E-state index contributed by atoms with van der Waals surface area (Å²) in [5, 5.41) is 8.01. The predicted octanol–water partition coefficient (Wildman–Crippen LogP) is 3.93. The van der Waals surface area contributed by atoms with Crippen LogP contribution in [0, 0.1) is 11.8 Å². The number of ether oxygens (including phenoxy) is 1. The minimum Gasteiger partial charge on any atom is -0.449 e. The fourth-order valence-electron chi connectivity index (χ4n) is 7.71. The van der Waals surface area contributed by atoms with Gasteiger partial charge in [0, 0.05) is 25.4 Å². The lowest BCUT2D eigenvalue weighted by Gasteiger charge is -2.34. The number of nitrogens with two attached hydrogens (primary N) is 1. The molecule has 16 nitrogen and oxygen atoms in total. The zero-order valence-electron chi connectivity index (χ0n) is 35.4. The number of likely N-dealkylation sites (tertiary alicyclic amines) is 1. The highest BCUT2D eigenvalue weighted by Crippen LogP contribution is 2.30. The van der Waals surface area contributed by atoms with Crippen LogP contribution in [0.1, 0.15) is 116 Å². The van der Waals surface area contributed by atoms with E-state index in [1.165, 1.54) is 23.1 Å². The maximum Gasteiger partial charge on any atom is 0.407 e. The Bertz CT molecular complexity index is 1930. The number of hydrogen-bond acceptors (Lipinski definition) is 10. The number of Topliss-reactive ketones (excluding diaryl/α,β-unsaturated/α-hetero) is 2. The zero-order valence-corrected chi connectivity index (χ0v) is 36.3. The Kier molecular flexibility index (Phi) is 18.9. The fourth-order valence-corrected chi connectivity index (χ4v) is 9.06. The average molecular weight is 867 g/mol. The molecule has 4 rings (SSSR count). The van der Waals surface area contributed by atoms with Crippen molar-refractivity contribution in [3.8, 4) is 0 Å². The largest absolute Gasteiger partial charge is 0.449 e. The van der Waals surface area contributed by atoms with E-state index in [1.54, 1.807) is 49.4 Å². The van der Waals surface area contributed by atoms with Crippen LogP contribution in [0.3, 0.4) is 0 Å². The van der Waals surface area contributed by atoms with Crippen molar-refractivity contribution in [3.63, 3.8) is 0 Å². The lowest BCUT2D eigenvalue weighted by molar-refractivity contribution is -0.143. The van der Waals surface area contributed by atoms with Crippen molar-refractivity contribution >= 4 is 51.3 Å². The zero-order chi connectivity index (χ0) is 44.5. The van der Waals surface area contributed by atoms with Gasteiger partial charge in [-0.25, -0.2) is 17.9 Å². The molecule has 334 valence electrons. The van der Waals surface area contributed by atoms with Crippen LogP contribution in [0.25, 0.3) is 0 Å². The second-order valence-electron chi connectivity index (χ2n) is 16.1. The highest BCUT2D eigenvalue weighted by molar-refractivity contribution is 7.93. The van der Waals surface area contributed by atoms with E-state index in [0.29, 0.717) is 37.7 Å². The Morgan fingerprint density at radius 3 is 2.28 bits per heavy atom. The highest BCUT2D eigenvalue weighted by Gasteiger charge is 2.46. The van der Waals surface area contributed by atoms with Crippen molar-refractivity contribution in [2.45, 2.75) is 134 Å². The molecule has 1 aromatic rings. The Labute approximate surface area is 359 Å².